The zero-order valence-corrected chi connectivity index (χ0v) is 33.6. The van der Waals surface area contributed by atoms with Crippen molar-refractivity contribution in [3.8, 4) is 11.5 Å². The Hall–Kier alpha value is -4.31. The molecule has 1 N–H and O–H groups in total. The van der Waals surface area contributed by atoms with Gasteiger partial charge in [0.2, 0.25) is 0 Å². The van der Waals surface area contributed by atoms with Gasteiger partial charge in [-0.05, 0) is 64.8 Å². The zero-order chi connectivity index (χ0) is 38.9. The van der Waals surface area contributed by atoms with E-state index in [1.54, 1.807) is 11.9 Å². The summed E-state index contributed by atoms with van der Waals surface area (Å²) < 4.78 is 44.1. The number of ether oxygens (including phenoxy) is 1. The van der Waals surface area contributed by atoms with Crippen molar-refractivity contribution < 1.29 is 27.8 Å². The van der Waals surface area contributed by atoms with Crippen molar-refractivity contribution in [1.82, 2.24) is 9.80 Å². The quantitative estimate of drug-likeness (QED) is 0.186. The van der Waals surface area contributed by atoms with E-state index in [1.807, 2.05) is 48.5 Å². The monoisotopic (exact) mass is 772 g/mol. The van der Waals surface area contributed by atoms with E-state index < -0.39 is 42.7 Å². The lowest BCUT2D eigenvalue weighted by molar-refractivity contribution is -0.188. The van der Waals surface area contributed by atoms with Gasteiger partial charge < -0.3 is 19.2 Å². The first-order chi connectivity index (χ1) is 26.8. The highest BCUT2D eigenvalue weighted by Crippen LogP contribution is 2.74. The van der Waals surface area contributed by atoms with Gasteiger partial charge in [0.15, 0.2) is 5.75 Å². The summed E-state index contributed by atoms with van der Waals surface area (Å²) >= 11 is 0. The molecule has 1 saturated heterocycles. The minimum atomic E-state index is -3.09. The molecule has 5 aliphatic carbocycles. The largest absolute Gasteiger partial charge is 0.531 e. The number of nitrogens with zero attached hydrogens (tertiary/aromatic N) is 2. The summed E-state index contributed by atoms with van der Waals surface area (Å²) in [4.78, 5) is 18.7. The normalized spacial score (nSPS) is 30.6. The number of alkyl halides is 2. The maximum absolute atomic E-state index is 14.7. The molecule has 4 bridgehead atoms. The van der Waals surface area contributed by atoms with Crippen LogP contribution < -0.4 is 19.5 Å². The maximum Gasteiger partial charge on any atom is 0.320 e. The van der Waals surface area contributed by atoms with Gasteiger partial charge in [-0.2, -0.15) is 0 Å². The van der Waals surface area contributed by atoms with Gasteiger partial charge in [-0.3, -0.25) is 9.69 Å². The number of aliphatic hydroxyl groups is 1. The van der Waals surface area contributed by atoms with Gasteiger partial charge in [-0.25, -0.2) is 8.78 Å². The Morgan fingerprint density at radius 1 is 0.929 bits per heavy atom. The van der Waals surface area contributed by atoms with Crippen LogP contribution in [0.2, 0.25) is 5.04 Å². The van der Waals surface area contributed by atoms with Crippen LogP contribution in [0.1, 0.15) is 63.1 Å². The van der Waals surface area contributed by atoms with Crippen molar-refractivity contribution in [3.63, 3.8) is 0 Å². The molecule has 3 fully saturated rings. The molecular weight excluding hydrogens is 723 g/mol. The van der Waals surface area contributed by atoms with E-state index in [4.69, 9.17) is 9.16 Å². The second-order valence-electron chi connectivity index (χ2n) is 18.5. The van der Waals surface area contributed by atoms with E-state index in [2.05, 4.69) is 86.3 Å². The summed E-state index contributed by atoms with van der Waals surface area (Å²) in [5.74, 6) is -2.18. The summed E-state index contributed by atoms with van der Waals surface area (Å²) in [7, 11) is -1.30. The van der Waals surface area contributed by atoms with E-state index in [1.165, 1.54) is 0 Å². The molecule has 2 heterocycles. The number of carbonyl (C=O) groups is 1. The lowest BCUT2D eigenvalue weighted by atomic mass is 9.38. The Morgan fingerprint density at radius 2 is 1.55 bits per heavy atom. The molecule has 2 spiro atoms. The number of halogens is 2. The Kier molecular flexibility index (Phi) is 7.79. The van der Waals surface area contributed by atoms with E-state index in [0.717, 1.165) is 27.1 Å². The highest BCUT2D eigenvalue weighted by molar-refractivity contribution is 7.00. The number of likely N-dealkylation sites (N-methyl/N-ethyl adjacent to an activating group) is 1. The van der Waals surface area contributed by atoms with Gasteiger partial charge in [-0.15, -0.1) is 0 Å². The molecule has 4 aromatic rings. The van der Waals surface area contributed by atoms with Gasteiger partial charge in [-0.1, -0.05) is 124 Å². The van der Waals surface area contributed by atoms with Crippen LogP contribution in [0.15, 0.2) is 115 Å². The minimum Gasteiger partial charge on any atom is -0.531 e. The standard InChI is InChI=1S/C47H50F2N2O4Si/c1-43(2,3)56(34-16-10-6-11-17-34,35-18-12-7-13-19-35)55-37-21-20-32-26-38-44-22-23-46(53,36(28-44)41(52)50(4)29-31-14-8-5-9-15-31)42-45(44,39(32)40(37)54-42)24-25-51(38)30-33-27-47(33,48)49/h5-21,28,33,38,42,53H,22-27,29-30H2,1-4H3/t33?,38-,42-,44-,45+,46-/m1/s1. The second-order valence-corrected chi connectivity index (χ2v) is 22.7. The number of benzene rings is 4. The summed E-state index contributed by atoms with van der Waals surface area (Å²) in [5.41, 5.74) is 0.777. The summed E-state index contributed by atoms with van der Waals surface area (Å²) in [6.45, 7) is 8.11. The average molecular weight is 773 g/mol. The molecule has 4 aromatic carbocycles. The number of likely N-dealkylation sites (tertiary alicyclic amines) is 1. The van der Waals surface area contributed by atoms with E-state index in [9.17, 15) is 18.7 Å². The molecule has 2 saturated carbocycles. The maximum atomic E-state index is 14.7. The van der Waals surface area contributed by atoms with Crippen molar-refractivity contribution >= 4 is 24.6 Å². The topological polar surface area (TPSA) is 62.2 Å². The summed E-state index contributed by atoms with van der Waals surface area (Å²) in [6.07, 6.45) is 3.58. The molecule has 9 heteroatoms. The Morgan fingerprint density at radius 3 is 2.16 bits per heavy atom. The molecule has 1 amide bonds. The average Bonchev–Trinajstić information content (AvgIpc) is 3.61. The Labute approximate surface area is 329 Å². The molecule has 290 valence electrons. The number of fused-ring (bicyclic) bond motifs is 1. The minimum absolute atomic E-state index is 0.0760. The lowest BCUT2D eigenvalue weighted by Gasteiger charge is -2.70. The molecular formula is C47H50F2N2O4Si. The van der Waals surface area contributed by atoms with Crippen LogP contribution in [-0.2, 0) is 23.2 Å². The highest BCUT2D eigenvalue weighted by atomic mass is 28.4. The van der Waals surface area contributed by atoms with Crippen LogP contribution >= 0.6 is 0 Å². The van der Waals surface area contributed by atoms with Gasteiger partial charge in [0.05, 0.1) is 5.41 Å². The SMILES string of the molecule is CN(Cc1ccccc1)C(=O)C1=C[C@@]23CC[C@]1(O)[C@@H]1Oc4c(O[Si](c5ccccc5)(c5ccccc5)C(C)(C)C)ccc5c4[C@@]12CCN(CC1CC1(F)F)[C@@H]3C5. The number of amides is 1. The highest BCUT2D eigenvalue weighted by Gasteiger charge is 2.79. The first-order valence-electron chi connectivity index (χ1n) is 20.3. The molecule has 7 aliphatic rings. The molecule has 1 unspecified atom stereocenters. The Balaban J connectivity index is 1.14. The van der Waals surface area contributed by atoms with Crippen LogP contribution in [0.4, 0.5) is 8.78 Å². The Bertz CT molecular complexity index is 2210. The van der Waals surface area contributed by atoms with Crippen LogP contribution in [0.25, 0.3) is 0 Å². The van der Waals surface area contributed by atoms with Crippen LogP contribution in [0.5, 0.6) is 11.5 Å². The van der Waals surface area contributed by atoms with Crippen molar-refractivity contribution in [3.05, 3.63) is 131 Å². The van der Waals surface area contributed by atoms with Crippen molar-refractivity contribution in [1.29, 1.82) is 0 Å². The lowest BCUT2D eigenvalue weighted by Crippen LogP contribution is -2.78. The molecule has 0 radical (unpaired) electrons. The molecule has 6 atom stereocenters. The van der Waals surface area contributed by atoms with Gasteiger partial charge >= 0.3 is 8.32 Å². The van der Waals surface area contributed by atoms with E-state index in [-0.39, 0.29) is 23.4 Å². The van der Waals surface area contributed by atoms with Gasteiger partial charge in [0.25, 0.3) is 11.8 Å². The third-order valence-electron chi connectivity index (χ3n) is 14.6. The fraction of sp³-hybridized carbons (Fsp3) is 0.426. The number of hydrogen-bond donors (Lipinski definition) is 1. The molecule has 6 nitrogen and oxygen atoms in total. The third kappa shape index (κ3) is 4.80. The second kappa shape index (κ2) is 12.1. The molecule has 2 aliphatic heterocycles. The first kappa shape index (κ1) is 36.1. The first-order valence-corrected chi connectivity index (χ1v) is 22.2. The van der Waals surface area contributed by atoms with E-state index >= 15 is 0 Å². The van der Waals surface area contributed by atoms with E-state index in [0.29, 0.717) is 62.4 Å². The van der Waals surface area contributed by atoms with Crippen molar-refractivity contribution in [2.24, 2.45) is 11.3 Å². The van der Waals surface area contributed by atoms with Crippen molar-refractivity contribution in [2.75, 3.05) is 20.1 Å². The summed E-state index contributed by atoms with van der Waals surface area (Å²) in [5, 5.41) is 15.1. The van der Waals surface area contributed by atoms with Crippen LogP contribution in [0.3, 0.4) is 0 Å². The third-order valence-corrected chi connectivity index (χ3v) is 19.5. The zero-order valence-electron chi connectivity index (χ0n) is 32.6. The number of carbonyl (C=O) groups excluding carboxylic acids is 1. The van der Waals surface area contributed by atoms with Gasteiger partial charge in [0.1, 0.15) is 17.5 Å². The summed E-state index contributed by atoms with van der Waals surface area (Å²) in [6, 6.07) is 35.1. The van der Waals surface area contributed by atoms with Crippen molar-refractivity contribution in [2.45, 2.75) is 93.5 Å². The predicted octanol–water partition coefficient (Wildman–Crippen LogP) is 7.02. The predicted molar refractivity (Wildman–Crippen MR) is 215 cm³/mol. The smallest absolute Gasteiger partial charge is 0.320 e. The fourth-order valence-corrected chi connectivity index (χ4v) is 16.4. The molecule has 0 aromatic heterocycles. The van der Waals surface area contributed by atoms with Crippen LogP contribution in [-0.4, -0.2) is 72.9 Å². The number of rotatable bonds is 9. The fourth-order valence-electron chi connectivity index (χ4n) is 11.9. The molecule has 56 heavy (non-hydrogen) atoms. The number of piperidine rings is 1. The molecule has 11 rings (SSSR count). The van der Waals surface area contributed by atoms with Crippen LogP contribution in [0, 0.1) is 11.3 Å². The van der Waals surface area contributed by atoms with Gasteiger partial charge in [0, 0.05) is 55.1 Å². The number of hydrogen-bond acceptors (Lipinski definition) is 5.